The monoisotopic (exact) mass is 264 g/mol. The fraction of sp³-hybridized carbons (Fsp3) is 0.357. The van der Waals surface area contributed by atoms with Crippen molar-refractivity contribution in [2.24, 2.45) is 5.92 Å². The molecule has 0 fully saturated rings. The molecular weight excluding hydrogens is 248 g/mol. The van der Waals surface area contributed by atoms with Crippen LogP contribution in [0.5, 0.6) is 0 Å². The van der Waals surface area contributed by atoms with Gasteiger partial charge in [-0.25, -0.2) is 4.79 Å². The summed E-state index contributed by atoms with van der Waals surface area (Å²) >= 11 is 0. The summed E-state index contributed by atoms with van der Waals surface area (Å²) in [5.41, 5.74) is -1.70. The van der Waals surface area contributed by atoms with Gasteiger partial charge in [0.25, 0.3) is 0 Å². The average molecular weight is 264 g/mol. The molecule has 0 spiro atoms. The van der Waals surface area contributed by atoms with E-state index in [0.717, 1.165) is 0 Å². The molecule has 0 aromatic heterocycles. The van der Waals surface area contributed by atoms with E-state index in [1.165, 1.54) is 0 Å². The number of esters is 1. The standard InChI is InChI=1S/C14H16O5/c1-2-19-13(17)14(18,8-11(9-15)10-16)12-6-4-3-5-7-12/h3-7,9-11,18H,2,8H2,1H3. The van der Waals surface area contributed by atoms with Crippen molar-refractivity contribution in [1.82, 2.24) is 0 Å². The summed E-state index contributed by atoms with van der Waals surface area (Å²) in [6.07, 6.45) is 0.475. The van der Waals surface area contributed by atoms with Gasteiger partial charge in [0.05, 0.1) is 12.5 Å². The second kappa shape index (κ2) is 6.80. The quantitative estimate of drug-likeness (QED) is 0.448. The van der Waals surface area contributed by atoms with Crippen molar-refractivity contribution in [2.45, 2.75) is 18.9 Å². The molecule has 1 atom stereocenters. The first-order chi connectivity index (χ1) is 9.08. The Bertz CT molecular complexity index is 434. The molecule has 0 saturated heterocycles. The maximum absolute atomic E-state index is 11.9. The van der Waals surface area contributed by atoms with E-state index in [4.69, 9.17) is 4.74 Å². The fourth-order valence-electron chi connectivity index (χ4n) is 1.75. The lowest BCUT2D eigenvalue weighted by Crippen LogP contribution is -2.40. The number of aldehydes is 2. The lowest BCUT2D eigenvalue weighted by molar-refractivity contribution is -0.168. The number of carbonyl (C=O) groups is 3. The highest BCUT2D eigenvalue weighted by molar-refractivity contribution is 5.84. The fourth-order valence-corrected chi connectivity index (χ4v) is 1.75. The summed E-state index contributed by atoms with van der Waals surface area (Å²) in [6.45, 7) is 1.71. The zero-order valence-corrected chi connectivity index (χ0v) is 10.6. The van der Waals surface area contributed by atoms with Crippen LogP contribution in [-0.2, 0) is 24.7 Å². The number of ether oxygens (including phenoxy) is 1. The van der Waals surface area contributed by atoms with E-state index in [9.17, 15) is 19.5 Å². The Morgan fingerprint density at radius 3 is 2.37 bits per heavy atom. The van der Waals surface area contributed by atoms with E-state index in [1.54, 1.807) is 37.3 Å². The Kier molecular flexibility index (Phi) is 5.38. The first-order valence-electron chi connectivity index (χ1n) is 5.94. The second-order valence-corrected chi connectivity index (χ2v) is 4.09. The van der Waals surface area contributed by atoms with Crippen molar-refractivity contribution in [1.29, 1.82) is 0 Å². The minimum absolute atomic E-state index is 0.0980. The van der Waals surface area contributed by atoms with E-state index < -0.39 is 17.5 Å². The smallest absolute Gasteiger partial charge is 0.342 e. The second-order valence-electron chi connectivity index (χ2n) is 4.09. The maximum atomic E-state index is 11.9. The van der Waals surface area contributed by atoms with Gasteiger partial charge in [-0.3, -0.25) is 0 Å². The van der Waals surface area contributed by atoms with Crippen LogP contribution in [0, 0.1) is 5.92 Å². The van der Waals surface area contributed by atoms with Crippen LogP contribution in [0.3, 0.4) is 0 Å². The molecule has 0 aliphatic carbocycles. The molecule has 0 aliphatic rings. The molecule has 0 amide bonds. The summed E-state index contributed by atoms with van der Waals surface area (Å²) in [5.74, 6) is -1.93. The summed E-state index contributed by atoms with van der Waals surface area (Å²) in [6, 6.07) is 8.12. The van der Waals surface area contributed by atoms with Crippen LogP contribution in [0.2, 0.25) is 0 Å². The maximum Gasteiger partial charge on any atom is 0.342 e. The molecule has 19 heavy (non-hydrogen) atoms. The summed E-state index contributed by atoms with van der Waals surface area (Å²) in [4.78, 5) is 33.4. The Hall–Kier alpha value is -2.01. The van der Waals surface area contributed by atoms with Gasteiger partial charge in [0.2, 0.25) is 0 Å². The zero-order chi connectivity index (χ0) is 14.3. The molecule has 1 aromatic rings. The van der Waals surface area contributed by atoms with Gasteiger partial charge in [-0.1, -0.05) is 30.3 Å². The van der Waals surface area contributed by atoms with Gasteiger partial charge in [0.1, 0.15) is 12.6 Å². The summed E-state index contributed by atoms with van der Waals surface area (Å²) < 4.78 is 4.83. The van der Waals surface area contributed by atoms with Crippen LogP contribution < -0.4 is 0 Å². The van der Waals surface area contributed by atoms with Crippen LogP contribution >= 0.6 is 0 Å². The molecule has 0 heterocycles. The lowest BCUT2D eigenvalue weighted by Gasteiger charge is -2.27. The third-order valence-electron chi connectivity index (χ3n) is 2.75. The predicted octanol–water partition coefficient (Wildman–Crippen LogP) is 0.841. The van der Waals surface area contributed by atoms with Crippen LogP contribution in [0.1, 0.15) is 18.9 Å². The van der Waals surface area contributed by atoms with Gasteiger partial charge in [0, 0.05) is 6.42 Å². The SMILES string of the molecule is CCOC(=O)C(O)(CC(C=O)C=O)c1ccccc1. The summed E-state index contributed by atoms with van der Waals surface area (Å²) in [5, 5.41) is 10.5. The first kappa shape index (κ1) is 15.0. The number of rotatable bonds is 7. The molecule has 5 heteroatoms. The lowest BCUT2D eigenvalue weighted by atomic mass is 9.85. The van der Waals surface area contributed by atoms with E-state index in [1.807, 2.05) is 0 Å². The Labute approximate surface area is 111 Å². The zero-order valence-electron chi connectivity index (χ0n) is 10.6. The van der Waals surface area contributed by atoms with Gasteiger partial charge in [0.15, 0.2) is 5.60 Å². The van der Waals surface area contributed by atoms with Crippen LogP contribution in [0.15, 0.2) is 30.3 Å². The topological polar surface area (TPSA) is 80.7 Å². The highest BCUT2D eigenvalue weighted by atomic mass is 16.5. The highest BCUT2D eigenvalue weighted by Gasteiger charge is 2.41. The number of hydrogen-bond donors (Lipinski definition) is 1. The van der Waals surface area contributed by atoms with Gasteiger partial charge in [-0.05, 0) is 12.5 Å². The molecule has 1 rings (SSSR count). The van der Waals surface area contributed by atoms with Crippen molar-refractivity contribution < 1.29 is 24.2 Å². The van der Waals surface area contributed by atoms with Gasteiger partial charge in [-0.2, -0.15) is 0 Å². The minimum Gasteiger partial charge on any atom is -0.464 e. The molecular formula is C14H16O5. The number of carbonyl (C=O) groups excluding carboxylic acids is 3. The van der Waals surface area contributed by atoms with Crippen molar-refractivity contribution >= 4 is 18.5 Å². The normalized spacial score (nSPS) is 13.6. The van der Waals surface area contributed by atoms with Crippen LogP contribution in [0.25, 0.3) is 0 Å². The highest BCUT2D eigenvalue weighted by Crippen LogP contribution is 2.29. The van der Waals surface area contributed by atoms with Gasteiger partial charge in [-0.15, -0.1) is 0 Å². The molecule has 5 nitrogen and oxygen atoms in total. The number of aliphatic hydroxyl groups is 1. The number of benzene rings is 1. The van der Waals surface area contributed by atoms with Gasteiger partial charge < -0.3 is 19.4 Å². The average Bonchev–Trinajstić information content (AvgIpc) is 2.45. The Balaban J connectivity index is 3.13. The van der Waals surface area contributed by atoms with Crippen molar-refractivity contribution in [3.8, 4) is 0 Å². The largest absolute Gasteiger partial charge is 0.464 e. The first-order valence-corrected chi connectivity index (χ1v) is 5.94. The molecule has 0 aliphatic heterocycles. The number of hydrogen-bond acceptors (Lipinski definition) is 5. The molecule has 1 unspecified atom stereocenters. The van der Waals surface area contributed by atoms with E-state index >= 15 is 0 Å². The van der Waals surface area contributed by atoms with Crippen molar-refractivity contribution in [3.63, 3.8) is 0 Å². The molecule has 0 bridgehead atoms. The Morgan fingerprint density at radius 2 is 1.89 bits per heavy atom. The molecule has 0 radical (unpaired) electrons. The third kappa shape index (κ3) is 3.48. The molecule has 0 saturated carbocycles. The molecule has 102 valence electrons. The molecule has 1 N–H and O–H groups in total. The Morgan fingerprint density at radius 1 is 1.32 bits per heavy atom. The minimum atomic E-state index is -2.00. The van der Waals surface area contributed by atoms with Crippen LogP contribution in [0.4, 0.5) is 0 Å². The molecule has 1 aromatic carbocycles. The van der Waals surface area contributed by atoms with Gasteiger partial charge >= 0.3 is 5.97 Å². The summed E-state index contributed by atoms with van der Waals surface area (Å²) in [7, 11) is 0. The van der Waals surface area contributed by atoms with Crippen LogP contribution in [-0.4, -0.2) is 30.3 Å². The van der Waals surface area contributed by atoms with E-state index in [2.05, 4.69) is 0 Å². The predicted molar refractivity (Wildman–Crippen MR) is 67.2 cm³/mol. The van der Waals surface area contributed by atoms with E-state index in [0.29, 0.717) is 18.1 Å². The van der Waals surface area contributed by atoms with E-state index in [-0.39, 0.29) is 13.0 Å². The van der Waals surface area contributed by atoms with Crippen molar-refractivity contribution in [3.05, 3.63) is 35.9 Å². The third-order valence-corrected chi connectivity index (χ3v) is 2.75. The van der Waals surface area contributed by atoms with Crippen molar-refractivity contribution in [2.75, 3.05) is 6.61 Å².